The Morgan fingerprint density at radius 3 is 2.67 bits per heavy atom. The molecule has 2 nitrogen and oxygen atoms in total. The number of rotatable bonds is 3. The van der Waals surface area contributed by atoms with Crippen molar-refractivity contribution in [3.8, 4) is 0 Å². The number of benzene rings is 1. The van der Waals surface area contributed by atoms with Gasteiger partial charge >= 0.3 is 0 Å². The number of aryl methyl sites for hydroxylation is 2. The van der Waals surface area contributed by atoms with Crippen LogP contribution < -0.4 is 0 Å². The summed E-state index contributed by atoms with van der Waals surface area (Å²) in [5.74, 6) is -1.34. The maximum atomic E-state index is 13.4. The molecule has 0 fully saturated rings. The minimum Gasteiger partial charge on any atom is -0.293 e. The van der Waals surface area contributed by atoms with Gasteiger partial charge in [-0.1, -0.05) is 0 Å². The molecule has 0 aliphatic carbocycles. The minimum absolute atomic E-state index is 0.0745. The van der Waals surface area contributed by atoms with E-state index in [1.165, 1.54) is 11.3 Å². The normalized spacial score (nSPS) is 10.7. The Labute approximate surface area is 107 Å². The second-order valence-electron chi connectivity index (χ2n) is 3.98. The first-order valence-corrected chi connectivity index (χ1v) is 6.20. The number of carbonyl (C=O) groups excluding carboxylic acids is 1. The van der Waals surface area contributed by atoms with Crippen LogP contribution in [0, 0.1) is 25.5 Å². The highest BCUT2D eigenvalue weighted by atomic mass is 32.1. The molecule has 5 heteroatoms. The third-order valence-electron chi connectivity index (χ3n) is 2.52. The molecule has 18 heavy (non-hydrogen) atoms. The molecule has 0 aliphatic heterocycles. The Kier molecular flexibility index (Phi) is 3.52. The lowest BCUT2D eigenvalue weighted by Gasteiger charge is -2.02. The van der Waals surface area contributed by atoms with Crippen LogP contribution in [0.25, 0.3) is 0 Å². The van der Waals surface area contributed by atoms with Gasteiger partial charge in [0.15, 0.2) is 5.78 Å². The SMILES string of the molecule is Cc1nc(C)c(C(=O)Cc2cc(F)ccc2F)s1. The van der Waals surface area contributed by atoms with Gasteiger partial charge in [0, 0.05) is 6.42 Å². The van der Waals surface area contributed by atoms with Crippen LogP contribution in [0.4, 0.5) is 8.78 Å². The summed E-state index contributed by atoms with van der Waals surface area (Å²) in [7, 11) is 0. The van der Waals surface area contributed by atoms with Gasteiger partial charge in [-0.25, -0.2) is 13.8 Å². The fraction of sp³-hybridized carbons (Fsp3) is 0.231. The summed E-state index contributed by atoms with van der Waals surface area (Å²) in [6, 6.07) is 3.12. The number of aromatic nitrogens is 1. The average molecular weight is 267 g/mol. The maximum Gasteiger partial charge on any atom is 0.179 e. The van der Waals surface area contributed by atoms with Crippen molar-refractivity contribution in [2.45, 2.75) is 20.3 Å². The van der Waals surface area contributed by atoms with Crippen LogP contribution in [0.5, 0.6) is 0 Å². The van der Waals surface area contributed by atoms with Gasteiger partial charge in [0.25, 0.3) is 0 Å². The molecule has 0 saturated carbocycles. The van der Waals surface area contributed by atoms with Crippen molar-refractivity contribution in [1.82, 2.24) is 4.98 Å². The largest absolute Gasteiger partial charge is 0.293 e. The average Bonchev–Trinajstić information content (AvgIpc) is 2.63. The van der Waals surface area contributed by atoms with E-state index in [1.54, 1.807) is 13.8 Å². The molecular formula is C13H11F2NOS. The zero-order valence-corrected chi connectivity index (χ0v) is 10.8. The summed E-state index contributed by atoms with van der Waals surface area (Å²) in [6.45, 7) is 3.54. The first-order valence-electron chi connectivity index (χ1n) is 5.38. The highest BCUT2D eigenvalue weighted by Crippen LogP contribution is 2.20. The minimum atomic E-state index is -0.566. The van der Waals surface area contributed by atoms with Gasteiger partial charge in [-0.3, -0.25) is 4.79 Å². The molecule has 1 heterocycles. The molecule has 0 radical (unpaired) electrons. The van der Waals surface area contributed by atoms with Gasteiger partial charge < -0.3 is 0 Å². The Balaban J connectivity index is 2.26. The molecule has 1 aromatic heterocycles. The summed E-state index contributed by atoms with van der Waals surface area (Å²) >= 11 is 1.27. The second kappa shape index (κ2) is 4.94. The fourth-order valence-electron chi connectivity index (χ4n) is 1.72. The van der Waals surface area contributed by atoms with E-state index in [4.69, 9.17) is 0 Å². The summed E-state index contributed by atoms with van der Waals surface area (Å²) in [6.07, 6.45) is -0.147. The molecule has 94 valence electrons. The van der Waals surface area contributed by atoms with Crippen molar-refractivity contribution in [2.75, 3.05) is 0 Å². The molecule has 0 unspecified atom stereocenters. The van der Waals surface area contributed by atoms with Crippen LogP contribution in [0.1, 0.15) is 25.9 Å². The molecule has 0 bridgehead atoms. The third-order valence-corrected chi connectivity index (χ3v) is 3.63. The molecule has 0 atom stereocenters. The second-order valence-corrected chi connectivity index (χ2v) is 5.19. The number of Topliss-reactive ketones (excluding diaryl/α,β-unsaturated/α-hetero) is 1. The van der Waals surface area contributed by atoms with Crippen molar-refractivity contribution < 1.29 is 13.6 Å². The van der Waals surface area contributed by atoms with Crippen LogP contribution >= 0.6 is 11.3 Å². The summed E-state index contributed by atoms with van der Waals surface area (Å²) in [4.78, 5) is 16.6. The lowest BCUT2D eigenvalue weighted by molar-refractivity contribution is 0.0995. The topological polar surface area (TPSA) is 30.0 Å². The zero-order valence-electron chi connectivity index (χ0n) is 9.96. The highest BCUT2D eigenvalue weighted by Gasteiger charge is 2.16. The van der Waals surface area contributed by atoms with Gasteiger partial charge in [0.1, 0.15) is 11.6 Å². The summed E-state index contributed by atoms with van der Waals surface area (Å²) in [5.41, 5.74) is 0.713. The van der Waals surface area contributed by atoms with Crippen LogP contribution in [0.2, 0.25) is 0 Å². The van der Waals surface area contributed by atoms with Crippen molar-refractivity contribution in [1.29, 1.82) is 0 Å². The molecule has 2 rings (SSSR count). The van der Waals surface area contributed by atoms with E-state index < -0.39 is 11.6 Å². The zero-order chi connectivity index (χ0) is 13.3. The van der Waals surface area contributed by atoms with E-state index in [0.29, 0.717) is 10.6 Å². The van der Waals surface area contributed by atoms with Crippen LogP contribution in [0.3, 0.4) is 0 Å². The van der Waals surface area contributed by atoms with E-state index in [9.17, 15) is 13.6 Å². The van der Waals surface area contributed by atoms with Gasteiger partial charge in [-0.05, 0) is 37.6 Å². The Morgan fingerprint density at radius 1 is 1.33 bits per heavy atom. The molecule has 0 aliphatic rings. The lowest BCUT2D eigenvalue weighted by Crippen LogP contribution is -2.05. The molecule has 0 saturated heterocycles. The van der Waals surface area contributed by atoms with Crippen molar-refractivity contribution in [3.05, 3.63) is 51.0 Å². The summed E-state index contributed by atoms with van der Waals surface area (Å²) < 4.78 is 26.4. The molecule has 2 aromatic rings. The number of thiazole rings is 1. The first-order chi connectivity index (χ1) is 8.47. The van der Waals surface area contributed by atoms with Crippen LogP contribution in [-0.2, 0) is 6.42 Å². The highest BCUT2D eigenvalue weighted by molar-refractivity contribution is 7.13. The Hall–Kier alpha value is -1.62. The van der Waals surface area contributed by atoms with Gasteiger partial charge in [0.05, 0.1) is 15.6 Å². The predicted molar refractivity (Wildman–Crippen MR) is 66.0 cm³/mol. The van der Waals surface area contributed by atoms with E-state index in [0.717, 1.165) is 23.2 Å². The van der Waals surface area contributed by atoms with E-state index in [-0.39, 0.29) is 17.8 Å². The Bertz CT molecular complexity index is 607. The lowest BCUT2D eigenvalue weighted by atomic mass is 10.1. The summed E-state index contributed by atoms with van der Waals surface area (Å²) in [5, 5.41) is 0.788. The third kappa shape index (κ3) is 2.61. The van der Waals surface area contributed by atoms with E-state index in [1.807, 2.05) is 0 Å². The number of hydrogen-bond acceptors (Lipinski definition) is 3. The number of carbonyl (C=O) groups is 1. The quantitative estimate of drug-likeness (QED) is 0.797. The van der Waals surface area contributed by atoms with Crippen LogP contribution in [0.15, 0.2) is 18.2 Å². The predicted octanol–water partition coefficient (Wildman–Crippen LogP) is 3.46. The van der Waals surface area contributed by atoms with Gasteiger partial charge in [0.2, 0.25) is 0 Å². The van der Waals surface area contributed by atoms with E-state index >= 15 is 0 Å². The number of hydrogen-bond donors (Lipinski definition) is 0. The molecule has 0 N–H and O–H groups in total. The number of halogens is 2. The van der Waals surface area contributed by atoms with Crippen LogP contribution in [-0.4, -0.2) is 10.8 Å². The molecule has 0 spiro atoms. The Morgan fingerprint density at radius 2 is 2.06 bits per heavy atom. The first kappa shape index (κ1) is 12.8. The number of ketones is 1. The van der Waals surface area contributed by atoms with Crippen molar-refractivity contribution in [2.24, 2.45) is 0 Å². The standard InChI is InChI=1S/C13H11F2NOS/c1-7-13(18-8(2)16-7)12(17)6-9-5-10(14)3-4-11(9)15/h3-5H,6H2,1-2H3. The molecule has 1 aromatic carbocycles. The van der Waals surface area contributed by atoms with Gasteiger partial charge in [-0.15, -0.1) is 11.3 Å². The van der Waals surface area contributed by atoms with E-state index in [2.05, 4.69) is 4.98 Å². The monoisotopic (exact) mass is 267 g/mol. The smallest absolute Gasteiger partial charge is 0.179 e. The van der Waals surface area contributed by atoms with Crippen molar-refractivity contribution in [3.63, 3.8) is 0 Å². The maximum absolute atomic E-state index is 13.4. The molecule has 0 amide bonds. The number of nitrogens with zero attached hydrogens (tertiary/aromatic N) is 1. The fourth-order valence-corrected chi connectivity index (χ4v) is 2.58. The van der Waals surface area contributed by atoms with Crippen molar-refractivity contribution >= 4 is 17.1 Å². The van der Waals surface area contributed by atoms with Gasteiger partial charge in [-0.2, -0.15) is 0 Å². The molecular weight excluding hydrogens is 256 g/mol.